The van der Waals surface area contributed by atoms with E-state index < -0.39 is 0 Å². The topological polar surface area (TPSA) is 17.8 Å². The maximum Gasteiger partial charge on any atom is 0.125 e. The van der Waals surface area contributed by atoms with Gasteiger partial charge in [0, 0.05) is 6.54 Å². The van der Waals surface area contributed by atoms with Crippen LogP contribution in [0.25, 0.3) is 11.0 Å². The zero-order chi connectivity index (χ0) is 10.1. The first-order valence-corrected chi connectivity index (χ1v) is 4.77. The molecule has 0 atom stereocenters. The molecule has 0 unspecified atom stereocenters. The van der Waals surface area contributed by atoms with Crippen LogP contribution in [0.5, 0.6) is 0 Å². The third-order valence-electron chi connectivity index (χ3n) is 2.14. The normalized spacial score (nSPS) is 11.4. The van der Waals surface area contributed by atoms with Gasteiger partial charge in [0.2, 0.25) is 0 Å². The van der Waals surface area contributed by atoms with Crippen molar-refractivity contribution in [2.45, 2.75) is 20.4 Å². The SMILES string of the molecule is CC(C)Cn1cnc2ccc(F)cc21. The molecule has 0 saturated carbocycles. The van der Waals surface area contributed by atoms with Crippen molar-refractivity contribution in [1.29, 1.82) is 0 Å². The van der Waals surface area contributed by atoms with Crippen LogP contribution in [0.15, 0.2) is 24.5 Å². The third kappa shape index (κ3) is 1.62. The van der Waals surface area contributed by atoms with E-state index in [1.54, 1.807) is 12.4 Å². The minimum absolute atomic E-state index is 0.206. The number of rotatable bonds is 2. The standard InChI is InChI=1S/C11H13FN2/c1-8(2)6-14-7-13-10-4-3-9(12)5-11(10)14/h3-5,7-8H,6H2,1-2H3. The summed E-state index contributed by atoms with van der Waals surface area (Å²) in [6, 6.07) is 4.68. The Hall–Kier alpha value is -1.38. The minimum atomic E-state index is -0.206. The van der Waals surface area contributed by atoms with Crippen molar-refractivity contribution in [2.24, 2.45) is 5.92 Å². The fraction of sp³-hybridized carbons (Fsp3) is 0.364. The second kappa shape index (κ2) is 3.40. The van der Waals surface area contributed by atoms with Crippen molar-refractivity contribution in [3.8, 4) is 0 Å². The maximum absolute atomic E-state index is 13.0. The Morgan fingerprint density at radius 2 is 2.21 bits per heavy atom. The second-order valence-corrected chi connectivity index (χ2v) is 3.92. The smallest absolute Gasteiger partial charge is 0.125 e. The maximum atomic E-state index is 13.0. The van der Waals surface area contributed by atoms with E-state index in [1.165, 1.54) is 12.1 Å². The number of aromatic nitrogens is 2. The van der Waals surface area contributed by atoms with E-state index in [0.717, 1.165) is 17.6 Å². The predicted molar refractivity (Wildman–Crippen MR) is 54.5 cm³/mol. The first-order chi connectivity index (χ1) is 6.66. The molecule has 0 aliphatic rings. The number of hydrogen-bond acceptors (Lipinski definition) is 1. The monoisotopic (exact) mass is 192 g/mol. The minimum Gasteiger partial charge on any atom is -0.330 e. The lowest BCUT2D eigenvalue weighted by Gasteiger charge is -2.06. The molecule has 0 fully saturated rings. The Morgan fingerprint density at radius 1 is 1.43 bits per heavy atom. The molecule has 74 valence electrons. The average Bonchev–Trinajstić information content (AvgIpc) is 2.47. The van der Waals surface area contributed by atoms with E-state index in [0.29, 0.717) is 5.92 Å². The summed E-state index contributed by atoms with van der Waals surface area (Å²) in [6.07, 6.45) is 1.77. The highest BCUT2D eigenvalue weighted by Crippen LogP contribution is 2.15. The van der Waals surface area contributed by atoms with Crippen LogP contribution < -0.4 is 0 Å². The van der Waals surface area contributed by atoms with Gasteiger partial charge in [0.1, 0.15) is 5.82 Å². The second-order valence-electron chi connectivity index (χ2n) is 3.92. The molecular formula is C11H13FN2. The van der Waals surface area contributed by atoms with Crippen molar-refractivity contribution in [1.82, 2.24) is 9.55 Å². The molecule has 2 rings (SSSR count). The van der Waals surface area contributed by atoms with Gasteiger partial charge in [0.05, 0.1) is 17.4 Å². The van der Waals surface area contributed by atoms with Gasteiger partial charge in [-0.2, -0.15) is 0 Å². The van der Waals surface area contributed by atoms with Crippen LogP contribution in [-0.2, 0) is 6.54 Å². The van der Waals surface area contributed by atoms with Crippen LogP contribution in [0.1, 0.15) is 13.8 Å². The summed E-state index contributed by atoms with van der Waals surface area (Å²) in [5.74, 6) is 0.332. The summed E-state index contributed by atoms with van der Waals surface area (Å²) in [6.45, 7) is 5.14. The van der Waals surface area contributed by atoms with E-state index in [1.807, 2.05) is 4.57 Å². The summed E-state index contributed by atoms with van der Waals surface area (Å²) in [7, 11) is 0. The van der Waals surface area contributed by atoms with Gasteiger partial charge in [-0.25, -0.2) is 9.37 Å². The van der Waals surface area contributed by atoms with Gasteiger partial charge in [0.25, 0.3) is 0 Å². The molecule has 0 bridgehead atoms. The van der Waals surface area contributed by atoms with Crippen LogP contribution >= 0.6 is 0 Å². The molecule has 0 aliphatic heterocycles. The Morgan fingerprint density at radius 3 is 2.93 bits per heavy atom. The van der Waals surface area contributed by atoms with Crippen molar-refractivity contribution < 1.29 is 4.39 Å². The van der Waals surface area contributed by atoms with E-state index in [4.69, 9.17) is 0 Å². The van der Waals surface area contributed by atoms with Crippen LogP contribution in [-0.4, -0.2) is 9.55 Å². The van der Waals surface area contributed by atoms with Gasteiger partial charge in [-0.05, 0) is 24.1 Å². The molecule has 3 heteroatoms. The lowest BCUT2D eigenvalue weighted by atomic mass is 10.2. The average molecular weight is 192 g/mol. The molecule has 0 radical (unpaired) electrons. The van der Waals surface area contributed by atoms with E-state index in [9.17, 15) is 4.39 Å². The lowest BCUT2D eigenvalue weighted by Crippen LogP contribution is -2.02. The van der Waals surface area contributed by atoms with Crippen molar-refractivity contribution in [3.63, 3.8) is 0 Å². The molecular weight excluding hydrogens is 179 g/mol. The molecule has 1 aromatic carbocycles. The number of nitrogens with zero attached hydrogens (tertiary/aromatic N) is 2. The predicted octanol–water partition coefficient (Wildman–Crippen LogP) is 2.83. The van der Waals surface area contributed by atoms with Gasteiger partial charge < -0.3 is 4.57 Å². The molecule has 0 amide bonds. The lowest BCUT2D eigenvalue weighted by molar-refractivity contribution is 0.532. The van der Waals surface area contributed by atoms with Crippen LogP contribution in [0, 0.1) is 11.7 Å². The zero-order valence-electron chi connectivity index (χ0n) is 8.37. The molecule has 14 heavy (non-hydrogen) atoms. The summed E-state index contributed by atoms with van der Waals surface area (Å²) in [4.78, 5) is 4.21. The highest BCUT2D eigenvalue weighted by Gasteiger charge is 2.04. The summed E-state index contributed by atoms with van der Waals surface area (Å²) in [5, 5.41) is 0. The number of imidazole rings is 1. The van der Waals surface area contributed by atoms with Crippen LogP contribution in [0.4, 0.5) is 4.39 Å². The number of fused-ring (bicyclic) bond motifs is 1. The van der Waals surface area contributed by atoms with Crippen molar-refractivity contribution >= 4 is 11.0 Å². The van der Waals surface area contributed by atoms with Gasteiger partial charge in [-0.15, -0.1) is 0 Å². The number of halogens is 1. The first kappa shape index (κ1) is 9.19. The van der Waals surface area contributed by atoms with Crippen molar-refractivity contribution in [3.05, 3.63) is 30.3 Å². The molecule has 1 aromatic heterocycles. The van der Waals surface area contributed by atoms with Gasteiger partial charge >= 0.3 is 0 Å². The highest BCUT2D eigenvalue weighted by atomic mass is 19.1. The molecule has 1 heterocycles. The molecule has 0 saturated heterocycles. The van der Waals surface area contributed by atoms with Crippen LogP contribution in [0.2, 0.25) is 0 Å². The number of benzene rings is 1. The fourth-order valence-corrected chi connectivity index (χ4v) is 1.57. The van der Waals surface area contributed by atoms with Gasteiger partial charge in [-0.3, -0.25) is 0 Å². The van der Waals surface area contributed by atoms with Crippen molar-refractivity contribution in [2.75, 3.05) is 0 Å². The third-order valence-corrected chi connectivity index (χ3v) is 2.14. The Bertz CT molecular complexity index is 445. The summed E-state index contributed by atoms with van der Waals surface area (Å²) in [5.41, 5.74) is 1.73. The Kier molecular flexibility index (Phi) is 2.23. The van der Waals surface area contributed by atoms with Gasteiger partial charge in [-0.1, -0.05) is 13.8 Å². The largest absolute Gasteiger partial charge is 0.330 e. The highest BCUT2D eigenvalue weighted by molar-refractivity contribution is 5.75. The molecule has 0 aliphatic carbocycles. The van der Waals surface area contributed by atoms with Crippen LogP contribution in [0.3, 0.4) is 0 Å². The first-order valence-electron chi connectivity index (χ1n) is 4.77. The number of hydrogen-bond donors (Lipinski definition) is 0. The molecule has 0 N–H and O–H groups in total. The van der Waals surface area contributed by atoms with E-state index in [-0.39, 0.29) is 5.82 Å². The Balaban J connectivity index is 2.50. The molecule has 0 spiro atoms. The molecule has 2 aromatic rings. The quantitative estimate of drug-likeness (QED) is 0.715. The summed E-state index contributed by atoms with van der Waals surface area (Å²) < 4.78 is 15.0. The van der Waals surface area contributed by atoms with E-state index in [2.05, 4.69) is 18.8 Å². The van der Waals surface area contributed by atoms with E-state index >= 15 is 0 Å². The zero-order valence-corrected chi connectivity index (χ0v) is 8.37. The van der Waals surface area contributed by atoms with Gasteiger partial charge in [0.15, 0.2) is 0 Å². The fourth-order valence-electron chi connectivity index (χ4n) is 1.57. The summed E-state index contributed by atoms with van der Waals surface area (Å²) >= 11 is 0. The molecule has 2 nitrogen and oxygen atoms in total. The Labute approximate surface area is 82.4 Å².